The van der Waals surface area contributed by atoms with Gasteiger partial charge in [-0.1, -0.05) is 44.2 Å². The number of ether oxygens (including phenoxy) is 1. The fourth-order valence-corrected chi connectivity index (χ4v) is 4.04. The van der Waals surface area contributed by atoms with E-state index in [9.17, 15) is 24.0 Å². The molecule has 0 saturated carbocycles. The van der Waals surface area contributed by atoms with Crippen LogP contribution in [0.1, 0.15) is 45.6 Å². The number of carbonyl (C=O) groups is 5. The zero-order valence-electron chi connectivity index (χ0n) is 22.3. The van der Waals surface area contributed by atoms with Gasteiger partial charge in [0.1, 0.15) is 18.1 Å². The van der Waals surface area contributed by atoms with E-state index in [0.717, 1.165) is 5.56 Å². The number of benzene rings is 1. The smallest absolute Gasteiger partial charge is 0.307 e. The van der Waals surface area contributed by atoms with Crippen LogP contribution in [-0.4, -0.2) is 73.4 Å². The Morgan fingerprint density at radius 2 is 1.51 bits per heavy atom. The Labute approximate surface area is 223 Å². The van der Waals surface area contributed by atoms with Crippen LogP contribution in [0.15, 0.2) is 30.3 Å². The van der Waals surface area contributed by atoms with E-state index in [1.54, 1.807) is 11.8 Å². The summed E-state index contributed by atoms with van der Waals surface area (Å²) in [5.41, 5.74) is 0.836. The van der Waals surface area contributed by atoms with Crippen LogP contribution in [0.3, 0.4) is 0 Å². The molecule has 0 fully saturated rings. The minimum atomic E-state index is -0.929. The summed E-state index contributed by atoms with van der Waals surface area (Å²) in [5.74, 6) is -1.47. The van der Waals surface area contributed by atoms with E-state index < -0.39 is 41.8 Å². The van der Waals surface area contributed by atoms with E-state index >= 15 is 0 Å². The Hall–Kier alpha value is -3.08. The van der Waals surface area contributed by atoms with Crippen molar-refractivity contribution in [3.05, 3.63) is 35.9 Å². The number of amides is 4. The molecule has 1 aromatic carbocycles. The molecule has 0 aromatic heterocycles. The zero-order chi connectivity index (χ0) is 27.8. The van der Waals surface area contributed by atoms with Gasteiger partial charge in [0.15, 0.2) is 0 Å². The van der Waals surface area contributed by atoms with Gasteiger partial charge in [-0.05, 0) is 36.3 Å². The van der Waals surface area contributed by atoms with Gasteiger partial charge in [0.05, 0.1) is 13.5 Å². The third kappa shape index (κ3) is 13.2. The fourth-order valence-electron chi connectivity index (χ4n) is 3.57. The van der Waals surface area contributed by atoms with E-state index in [1.165, 1.54) is 14.0 Å². The summed E-state index contributed by atoms with van der Waals surface area (Å²) >= 11 is 1.55. The summed E-state index contributed by atoms with van der Waals surface area (Å²) in [4.78, 5) is 62.3. The summed E-state index contributed by atoms with van der Waals surface area (Å²) < 4.78 is 4.60. The first kappa shape index (κ1) is 31.9. The van der Waals surface area contributed by atoms with Crippen molar-refractivity contribution in [2.24, 2.45) is 5.92 Å². The number of hydrogen-bond acceptors (Lipinski definition) is 7. The van der Waals surface area contributed by atoms with E-state index in [1.807, 2.05) is 50.4 Å². The molecule has 206 valence electrons. The van der Waals surface area contributed by atoms with Crippen molar-refractivity contribution in [1.82, 2.24) is 21.3 Å². The Balaban J connectivity index is 3.03. The second kappa shape index (κ2) is 17.4. The van der Waals surface area contributed by atoms with Crippen LogP contribution in [0.4, 0.5) is 0 Å². The van der Waals surface area contributed by atoms with Crippen molar-refractivity contribution in [1.29, 1.82) is 0 Å². The predicted octanol–water partition coefficient (Wildman–Crippen LogP) is 1.18. The SMILES string of the molecule is COC(=O)CCNC(=O)[C@H](Cc1ccccc1)NC(=O)C(CC(C)C)NC(=O)[C@H](CCSC)NC(C)=O. The third-order valence-corrected chi connectivity index (χ3v) is 6.06. The number of thioether (sulfide) groups is 1. The van der Waals surface area contributed by atoms with Gasteiger partial charge in [-0.15, -0.1) is 0 Å². The van der Waals surface area contributed by atoms with Crippen molar-refractivity contribution >= 4 is 41.4 Å². The number of rotatable bonds is 16. The standard InChI is InChI=1S/C26H40N4O6S/c1-17(2)15-21(29-25(34)20(12-14-37-5)28-18(3)31)26(35)30-22(16-19-9-7-6-8-10-19)24(33)27-13-11-23(32)36-4/h6-10,17,20-22H,11-16H2,1-5H3,(H,27,33)(H,28,31)(H,29,34)(H,30,35)/t20-,21?,22-/m0/s1. The molecule has 0 saturated heterocycles. The van der Waals surface area contributed by atoms with E-state index in [2.05, 4.69) is 26.0 Å². The van der Waals surface area contributed by atoms with Gasteiger partial charge < -0.3 is 26.0 Å². The molecule has 11 heteroatoms. The maximum absolute atomic E-state index is 13.3. The molecule has 4 N–H and O–H groups in total. The third-order valence-electron chi connectivity index (χ3n) is 5.42. The molecule has 0 aliphatic heterocycles. The summed E-state index contributed by atoms with van der Waals surface area (Å²) in [6.45, 7) is 5.25. The molecule has 0 aliphatic rings. The van der Waals surface area contributed by atoms with Crippen molar-refractivity contribution in [3.8, 4) is 0 Å². The van der Waals surface area contributed by atoms with Crippen LogP contribution >= 0.6 is 11.8 Å². The van der Waals surface area contributed by atoms with E-state index in [4.69, 9.17) is 0 Å². The fraction of sp³-hybridized carbons (Fsp3) is 0.577. The zero-order valence-corrected chi connectivity index (χ0v) is 23.1. The van der Waals surface area contributed by atoms with Crippen LogP contribution in [-0.2, 0) is 35.1 Å². The Morgan fingerprint density at radius 3 is 2.08 bits per heavy atom. The molecule has 4 amide bonds. The van der Waals surface area contributed by atoms with Crippen LogP contribution in [0.2, 0.25) is 0 Å². The first-order chi connectivity index (χ1) is 17.6. The average Bonchev–Trinajstić information content (AvgIpc) is 2.85. The molecule has 3 atom stereocenters. The number of methoxy groups -OCH3 is 1. The van der Waals surface area contributed by atoms with Crippen LogP contribution < -0.4 is 21.3 Å². The minimum Gasteiger partial charge on any atom is -0.469 e. The van der Waals surface area contributed by atoms with Crippen LogP contribution in [0.5, 0.6) is 0 Å². The highest BCUT2D eigenvalue weighted by atomic mass is 32.2. The first-order valence-electron chi connectivity index (χ1n) is 12.3. The van der Waals surface area contributed by atoms with E-state index in [0.29, 0.717) is 18.6 Å². The summed E-state index contributed by atoms with van der Waals surface area (Å²) in [6, 6.07) is 6.61. The highest BCUT2D eigenvalue weighted by molar-refractivity contribution is 7.98. The second-order valence-corrected chi connectivity index (χ2v) is 10.1. The number of nitrogens with one attached hydrogen (secondary N) is 4. The molecular formula is C26H40N4O6S. The normalized spacial score (nSPS) is 13.1. The topological polar surface area (TPSA) is 143 Å². The number of hydrogen-bond donors (Lipinski definition) is 4. The summed E-state index contributed by atoms with van der Waals surface area (Å²) in [7, 11) is 1.27. The summed E-state index contributed by atoms with van der Waals surface area (Å²) in [6.07, 6.45) is 2.89. The average molecular weight is 537 g/mol. The lowest BCUT2D eigenvalue weighted by atomic mass is 10.0. The second-order valence-electron chi connectivity index (χ2n) is 9.09. The molecular weight excluding hydrogens is 496 g/mol. The van der Waals surface area contributed by atoms with Crippen molar-refractivity contribution < 1.29 is 28.7 Å². The Kier molecular flexibility index (Phi) is 15.0. The Bertz CT molecular complexity index is 896. The lowest BCUT2D eigenvalue weighted by molar-refractivity contribution is -0.140. The lowest BCUT2D eigenvalue weighted by Crippen LogP contribution is -2.57. The lowest BCUT2D eigenvalue weighted by Gasteiger charge is -2.26. The van der Waals surface area contributed by atoms with Crippen molar-refractivity contribution in [2.75, 3.05) is 25.7 Å². The van der Waals surface area contributed by atoms with Gasteiger partial charge in [-0.25, -0.2) is 0 Å². The molecule has 0 heterocycles. The van der Waals surface area contributed by atoms with Gasteiger partial charge >= 0.3 is 5.97 Å². The number of esters is 1. The molecule has 1 aromatic rings. The molecule has 37 heavy (non-hydrogen) atoms. The van der Waals surface area contributed by atoms with Gasteiger partial charge in [0.2, 0.25) is 23.6 Å². The van der Waals surface area contributed by atoms with Crippen molar-refractivity contribution in [3.63, 3.8) is 0 Å². The molecule has 0 aliphatic carbocycles. The van der Waals surface area contributed by atoms with Gasteiger partial charge in [-0.2, -0.15) is 11.8 Å². The minimum absolute atomic E-state index is 0.000851. The molecule has 0 radical (unpaired) electrons. The predicted molar refractivity (Wildman–Crippen MR) is 144 cm³/mol. The molecule has 10 nitrogen and oxygen atoms in total. The van der Waals surface area contributed by atoms with Gasteiger partial charge in [-0.3, -0.25) is 24.0 Å². The van der Waals surface area contributed by atoms with Gasteiger partial charge in [0, 0.05) is 19.9 Å². The highest BCUT2D eigenvalue weighted by Gasteiger charge is 2.30. The quantitative estimate of drug-likeness (QED) is 0.232. The summed E-state index contributed by atoms with van der Waals surface area (Å²) in [5, 5.41) is 10.9. The van der Waals surface area contributed by atoms with Crippen LogP contribution in [0, 0.1) is 5.92 Å². The van der Waals surface area contributed by atoms with Crippen molar-refractivity contribution in [2.45, 2.75) is 64.6 Å². The van der Waals surface area contributed by atoms with Gasteiger partial charge in [0.25, 0.3) is 0 Å². The molecule has 1 rings (SSSR count). The molecule has 0 bridgehead atoms. The van der Waals surface area contributed by atoms with Crippen LogP contribution in [0.25, 0.3) is 0 Å². The number of carbonyl (C=O) groups excluding carboxylic acids is 5. The highest BCUT2D eigenvalue weighted by Crippen LogP contribution is 2.09. The van der Waals surface area contributed by atoms with E-state index in [-0.39, 0.29) is 31.2 Å². The molecule has 0 spiro atoms. The maximum Gasteiger partial charge on any atom is 0.307 e. The Morgan fingerprint density at radius 1 is 0.892 bits per heavy atom. The monoisotopic (exact) mass is 536 g/mol. The maximum atomic E-state index is 13.3. The molecule has 1 unspecified atom stereocenters. The largest absolute Gasteiger partial charge is 0.469 e. The first-order valence-corrected chi connectivity index (χ1v) is 13.7.